The highest BCUT2D eigenvalue weighted by molar-refractivity contribution is 6.05. The molecule has 2 aromatic carbocycles. The van der Waals surface area contributed by atoms with Gasteiger partial charge in [-0.1, -0.05) is 42.5 Å². The van der Waals surface area contributed by atoms with Crippen molar-refractivity contribution >= 4 is 28.9 Å². The molecule has 0 saturated carbocycles. The average Bonchev–Trinajstić information content (AvgIpc) is 3.27. The summed E-state index contributed by atoms with van der Waals surface area (Å²) in [4.78, 5) is 45.7. The SMILES string of the molecule is O=C(C[C@H]1NC(=O)N(CCc2ccccc2)C1=O)NCCc1nc2ccccc2[nH]1. The first-order valence-corrected chi connectivity index (χ1v) is 9.96. The van der Waals surface area contributed by atoms with Crippen LogP contribution in [0.3, 0.4) is 0 Å². The molecular formula is C22H23N5O3. The Morgan fingerprint density at radius 2 is 1.80 bits per heavy atom. The summed E-state index contributed by atoms with van der Waals surface area (Å²) in [7, 11) is 0. The van der Waals surface area contributed by atoms with Crippen LogP contribution in [0.4, 0.5) is 4.79 Å². The predicted molar refractivity (Wildman–Crippen MR) is 112 cm³/mol. The van der Waals surface area contributed by atoms with E-state index in [-0.39, 0.29) is 18.2 Å². The van der Waals surface area contributed by atoms with E-state index in [0.29, 0.717) is 25.9 Å². The van der Waals surface area contributed by atoms with Crippen LogP contribution in [0.1, 0.15) is 17.8 Å². The Labute approximate surface area is 173 Å². The van der Waals surface area contributed by atoms with Gasteiger partial charge in [0.1, 0.15) is 11.9 Å². The normalized spacial score (nSPS) is 16.1. The summed E-state index contributed by atoms with van der Waals surface area (Å²) in [6, 6.07) is 16.1. The zero-order chi connectivity index (χ0) is 20.9. The quantitative estimate of drug-likeness (QED) is 0.497. The van der Waals surface area contributed by atoms with Crippen molar-refractivity contribution in [2.75, 3.05) is 13.1 Å². The number of nitrogens with zero attached hydrogens (tertiary/aromatic N) is 2. The summed E-state index contributed by atoms with van der Waals surface area (Å²) in [5.41, 5.74) is 2.88. The molecule has 1 aromatic heterocycles. The first-order chi connectivity index (χ1) is 14.6. The molecule has 2 heterocycles. The average molecular weight is 405 g/mol. The molecule has 8 nitrogen and oxygen atoms in total. The highest BCUT2D eigenvalue weighted by atomic mass is 16.2. The second-order valence-electron chi connectivity index (χ2n) is 7.23. The van der Waals surface area contributed by atoms with E-state index < -0.39 is 12.1 Å². The first kappa shape index (κ1) is 19.6. The Balaban J connectivity index is 1.23. The van der Waals surface area contributed by atoms with Gasteiger partial charge in [0.2, 0.25) is 5.91 Å². The first-order valence-electron chi connectivity index (χ1n) is 9.96. The molecule has 4 amide bonds. The highest BCUT2D eigenvalue weighted by Crippen LogP contribution is 2.12. The zero-order valence-corrected chi connectivity index (χ0v) is 16.4. The molecule has 1 atom stereocenters. The number of imidazole rings is 1. The number of rotatable bonds is 8. The number of para-hydroxylation sites is 2. The molecule has 0 unspecified atom stereocenters. The Kier molecular flexibility index (Phi) is 5.74. The van der Waals surface area contributed by atoms with Crippen LogP contribution in [0, 0.1) is 0 Å². The van der Waals surface area contributed by atoms with E-state index in [1.54, 1.807) is 0 Å². The van der Waals surface area contributed by atoms with Crippen LogP contribution in [0.5, 0.6) is 0 Å². The van der Waals surface area contributed by atoms with Crippen molar-refractivity contribution < 1.29 is 14.4 Å². The van der Waals surface area contributed by atoms with Gasteiger partial charge in [-0.2, -0.15) is 0 Å². The Bertz CT molecular complexity index is 1030. The number of hydrogen-bond donors (Lipinski definition) is 3. The summed E-state index contributed by atoms with van der Waals surface area (Å²) in [5.74, 6) is 0.145. The van der Waals surface area contributed by atoms with Gasteiger partial charge in [-0.05, 0) is 24.1 Å². The van der Waals surface area contributed by atoms with Crippen LogP contribution >= 0.6 is 0 Å². The lowest BCUT2D eigenvalue weighted by molar-refractivity contribution is -0.130. The molecule has 1 saturated heterocycles. The second kappa shape index (κ2) is 8.77. The van der Waals surface area contributed by atoms with Gasteiger partial charge in [0.05, 0.1) is 17.5 Å². The Hall–Kier alpha value is -3.68. The predicted octanol–water partition coefficient (Wildman–Crippen LogP) is 1.77. The zero-order valence-electron chi connectivity index (χ0n) is 16.4. The van der Waals surface area contributed by atoms with Gasteiger partial charge in [0, 0.05) is 19.5 Å². The van der Waals surface area contributed by atoms with E-state index in [1.165, 1.54) is 4.90 Å². The molecule has 1 aliphatic rings. The number of aromatic amines is 1. The van der Waals surface area contributed by atoms with Crippen molar-refractivity contribution in [2.45, 2.75) is 25.3 Å². The lowest BCUT2D eigenvalue weighted by Crippen LogP contribution is -2.37. The van der Waals surface area contributed by atoms with E-state index in [4.69, 9.17) is 0 Å². The molecule has 1 fully saturated rings. The van der Waals surface area contributed by atoms with Crippen LogP contribution in [0.2, 0.25) is 0 Å². The number of aromatic nitrogens is 2. The van der Waals surface area contributed by atoms with Gasteiger partial charge >= 0.3 is 6.03 Å². The maximum Gasteiger partial charge on any atom is 0.324 e. The van der Waals surface area contributed by atoms with Gasteiger partial charge in [0.25, 0.3) is 5.91 Å². The standard InChI is InChI=1S/C22H23N5O3/c28-20(23-12-10-19-24-16-8-4-5-9-17(16)25-19)14-18-21(29)27(22(30)26-18)13-11-15-6-2-1-3-7-15/h1-9,18H,10-14H2,(H,23,28)(H,24,25)(H,26,30)/t18-/m1/s1. The molecule has 0 aliphatic carbocycles. The van der Waals surface area contributed by atoms with E-state index in [2.05, 4.69) is 20.6 Å². The minimum absolute atomic E-state index is 0.0768. The van der Waals surface area contributed by atoms with Crippen molar-refractivity contribution in [3.8, 4) is 0 Å². The van der Waals surface area contributed by atoms with E-state index in [0.717, 1.165) is 22.4 Å². The molecule has 30 heavy (non-hydrogen) atoms. The van der Waals surface area contributed by atoms with Crippen LogP contribution in [0.25, 0.3) is 11.0 Å². The number of amides is 4. The van der Waals surface area contributed by atoms with Gasteiger partial charge in [-0.15, -0.1) is 0 Å². The molecule has 3 N–H and O–H groups in total. The molecule has 0 bridgehead atoms. The summed E-state index contributed by atoms with van der Waals surface area (Å²) < 4.78 is 0. The molecule has 0 radical (unpaired) electrons. The third-order valence-electron chi connectivity index (χ3n) is 5.09. The number of hydrogen-bond acceptors (Lipinski definition) is 4. The fourth-order valence-electron chi connectivity index (χ4n) is 3.51. The number of H-pyrrole nitrogens is 1. The molecule has 8 heteroatoms. The minimum atomic E-state index is -0.820. The molecule has 4 rings (SSSR count). The molecule has 154 valence electrons. The second-order valence-corrected chi connectivity index (χ2v) is 7.23. The van der Waals surface area contributed by atoms with Crippen LogP contribution in [-0.4, -0.2) is 51.8 Å². The molecule has 0 spiro atoms. The molecule has 3 aromatic rings. The van der Waals surface area contributed by atoms with Gasteiger partial charge in [0.15, 0.2) is 0 Å². The van der Waals surface area contributed by atoms with Crippen LogP contribution in [-0.2, 0) is 22.4 Å². The van der Waals surface area contributed by atoms with E-state index in [1.807, 2.05) is 54.6 Å². The van der Waals surface area contributed by atoms with Gasteiger partial charge in [-0.3, -0.25) is 14.5 Å². The number of carbonyl (C=O) groups excluding carboxylic acids is 3. The maximum absolute atomic E-state index is 12.5. The Morgan fingerprint density at radius 1 is 1.03 bits per heavy atom. The number of imide groups is 1. The van der Waals surface area contributed by atoms with Gasteiger partial charge in [-0.25, -0.2) is 9.78 Å². The monoisotopic (exact) mass is 405 g/mol. The third kappa shape index (κ3) is 4.48. The summed E-state index contributed by atoms with van der Waals surface area (Å²) in [6.07, 6.45) is 1.05. The van der Waals surface area contributed by atoms with Crippen LogP contribution in [0.15, 0.2) is 54.6 Å². The minimum Gasteiger partial charge on any atom is -0.356 e. The van der Waals surface area contributed by atoms with Crippen molar-refractivity contribution in [1.82, 2.24) is 25.5 Å². The number of benzene rings is 2. The summed E-state index contributed by atoms with van der Waals surface area (Å²) >= 11 is 0. The number of carbonyl (C=O) groups is 3. The summed E-state index contributed by atoms with van der Waals surface area (Å²) in [5, 5.41) is 5.39. The van der Waals surface area contributed by atoms with Gasteiger partial charge < -0.3 is 15.6 Å². The molecule has 1 aliphatic heterocycles. The van der Waals surface area contributed by atoms with E-state index in [9.17, 15) is 14.4 Å². The van der Waals surface area contributed by atoms with Crippen molar-refractivity contribution in [3.05, 3.63) is 66.0 Å². The molecular weight excluding hydrogens is 382 g/mol. The Morgan fingerprint density at radius 3 is 2.60 bits per heavy atom. The number of fused-ring (bicyclic) bond motifs is 1. The van der Waals surface area contributed by atoms with Crippen LogP contribution < -0.4 is 10.6 Å². The largest absolute Gasteiger partial charge is 0.356 e. The third-order valence-corrected chi connectivity index (χ3v) is 5.09. The highest BCUT2D eigenvalue weighted by Gasteiger charge is 2.38. The lowest BCUT2D eigenvalue weighted by atomic mass is 10.1. The van der Waals surface area contributed by atoms with Crippen molar-refractivity contribution in [2.24, 2.45) is 0 Å². The van der Waals surface area contributed by atoms with E-state index >= 15 is 0 Å². The number of urea groups is 1. The van der Waals surface area contributed by atoms with Crippen molar-refractivity contribution in [3.63, 3.8) is 0 Å². The number of nitrogens with one attached hydrogen (secondary N) is 3. The fraction of sp³-hybridized carbons (Fsp3) is 0.273. The topological polar surface area (TPSA) is 107 Å². The smallest absolute Gasteiger partial charge is 0.324 e. The fourth-order valence-corrected chi connectivity index (χ4v) is 3.51. The maximum atomic E-state index is 12.5. The summed E-state index contributed by atoms with van der Waals surface area (Å²) in [6.45, 7) is 0.685. The van der Waals surface area contributed by atoms with Crippen molar-refractivity contribution in [1.29, 1.82) is 0 Å². The lowest BCUT2D eigenvalue weighted by Gasteiger charge is -2.13.